The van der Waals surface area contributed by atoms with E-state index in [-0.39, 0.29) is 10.6 Å². The predicted molar refractivity (Wildman–Crippen MR) is 45.9 cm³/mol. The number of allylic oxidation sites excluding steroid dienone is 1. The van der Waals surface area contributed by atoms with Crippen molar-refractivity contribution in [2.75, 3.05) is 0 Å². The summed E-state index contributed by atoms with van der Waals surface area (Å²) in [6.07, 6.45) is 1.05. The molecule has 0 spiro atoms. The molecule has 12 heavy (non-hydrogen) atoms. The van der Waals surface area contributed by atoms with Crippen LogP contribution >= 0.6 is 11.6 Å². The lowest BCUT2D eigenvalue weighted by Gasteiger charge is -1.98. The smallest absolute Gasteiger partial charge is 0.188 e. The summed E-state index contributed by atoms with van der Waals surface area (Å²) in [4.78, 5) is 11.0. The summed E-state index contributed by atoms with van der Waals surface area (Å²) in [6.45, 7) is 3.25. The topological polar surface area (TPSA) is 17.1 Å². The molecule has 0 aliphatic carbocycles. The largest absolute Gasteiger partial charge is 0.289 e. The predicted octanol–water partition coefficient (Wildman–Crippen LogP) is 2.85. The van der Waals surface area contributed by atoms with Gasteiger partial charge in [0.2, 0.25) is 0 Å². The number of halogens is 2. The van der Waals surface area contributed by atoms with E-state index in [1.54, 1.807) is 0 Å². The number of carbonyl (C=O) groups is 1. The molecule has 1 aromatic rings. The van der Waals surface area contributed by atoms with Crippen LogP contribution in [-0.4, -0.2) is 5.78 Å². The zero-order valence-electron chi connectivity index (χ0n) is 6.18. The molecule has 0 radical (unpaired) electrons. The molecule has 0 fully saturated rings. The molecule has 1 aromatic carbocycles. The van der Waals surface area contributed by atoms with Crippen LogP contribution in [0.15, 0.2) is 30.9 Å². The fourth-order valence-corrected chi connectivity index (χ4v) is 0.979. The highest BCUT2D eigenvalue weighted by Crippen LogP contribution is 2.18. The van der Waals surface area contributed by atoms with Gasteiger partial charge in [0.25, 0.3) is 0 Å². The molecule has 0 heterocycles. The van der Waals surface area contributed by atoms with E-state index in [0.717, 1.165) is 6.08 Å². The number of benzene rings is 1. The van der Waals surface area contributed by atoms with Crippen molar-refractivity contribution in [3.63, 3.8) is 0 Å². The van der Waals surface area contributed by atoms with E-state index in [9.17, 15) is 9.18 Å². The maximum atomic E-state index is 13.0. The van der Waals surface area contributed by atoms with Crippen molar-refractivity contribution in [2.45, 2.75) is 0 Å². The number of carbonyl (C=O) groups excluding carboxylic acids is 1. The Balaban J connectivity index is 3.25. The number of hydrogen-bond acceptors (Lipinski definition) is 1. The van der Waals surface area contributed by atoms with Crippen LogP contribution in [0.5, 0.6) is 0 Å². The standard InChI is InChI=1S/C9H6ClFO/c1-2-8(12)6-4-3-5-7(10)9(6)11/h2-5H,1H2. The fraction of sp³-hybridized carbons (Fsp3) is 0. The van der Waals surface area contributed by atoms with E-state index in [0.29, 0.717) is 0 Å². The summed E-state index contributed by atoms with van der Waals surface area (Å²) in [5.74, 6) is -1.15. The minimum absolute atomic E-state index is 0.0440. The van der Waals surface area contributed by atoms with E-state index >= 15 is 0 Å². The second kappa shape index (κ2) is 3.50. The monoisotopic (exact) mass is 184 g/mol. The number of ketones is 1. The molecule has 0 atom stereocenters. The Morgan fingerprint density at radius 1 is 1.58 bits per heavy atom. The minimum atomic E-state index is -0.691. The molecule has 0 saturated carbocycles. The van der Waals surface area contributed by atoms with Crippen molar-refractivity contribution in [1.82, 2.24) is 0 Å². The molecule has 0 N–H and O–H groups in total. The third-order valence-corrected chi connectivity index (χ3v) is 1.69. The molecule has 0 amide bonds. The summed E-state index contributed by atoms with van der Waals surface area (Å²) in [5.41, 5.74) is -0.0440. The van der Waals surface area contributed by atoms with Gasteiger partial charge in [0.1, 0.15) is 0 Å². The SMILES string of the molecule is C=CC(=O)c1cccc(Cl)c1F. The van der Waals surface area contributed by atoms with E-state index in [4.69, 9.17) is 11.6 Å². The molecule has 1 rings (SSSR count). The quantitative estimate of drug-likeness (QED) is 0.510. The highest BCUT2D eigenvalue weighted by Gasteiger charge is 2.10. The van der Waals surface area contributed by atoms with E-state index in [1.165, 1.54) is 18.2 Å². The van der Waals surface area contributed by atoms with Crippen LogP contribution in [-0.2, 0) is 0 Å². The van der Waals surface area contributed by atoms with Gasteiger partial charge in [-0.05, 0) is 18.2 Å². The molecule has 0 aromatic heterocycles. The summed E-state index contributed by atoms with van der Waals surface area (Å²) in [5, 5.41) is -0.0531. The maximum Gasteiger partial charge on any atom is 0.188 e. The van der Waals surface area contributed by atoms with E-state index in [1.807, 2.05) is 0 Å². The normalized spacial score (nSPS) is 9.50. The first kappa shape index (κ1) is 8.94. The Hall–Kier alpha value is -1.15. The summed E-state index contributed by atoms with van der Waals surface area (Å²) in [6, 6.07) is 4.27. The van der Waals surface area contributed by atoms with Crippen molar-refractivity contribution in [3.8, 4) is 0 Å². The average molecular weight is 185 g/mol. The Bertz CT molecular complexity index is 333. The molecule has 0 aliphatic rings. The second-order valence-electron chi connectivity index (χ2n) is 2.17. The molecule has 1 nitrogen and oxygen atoms in total. The van der Waals surface area contributed by atoms with Gasteiger partial charge in [-0.3, -0.25) is 4.79 Å². The Labute approximate surface area is 74.5 Å². The highest BCUT2D eigenvalue weighted by molar-refractivity contribution is 6.31. The van der Waals surface area contributed by atoms with Crippen molar-refractivity contribution < 1.29 is 9.18 Å². The lowest BCUT2D eigenvalue weighted by atomic mass is 10.1. The van der Waals surface area contributed by atoms with Gasteiger partial charge >= 0.3 is 0 Å². The van der Waals surface area contributed by atoms with E-state index < -0.39 is 11.6 Å². The maximum absolute atomic E-state index is 13.0. The van der Waals surface area contributed by atoms with Gasteiger partial charge in [-0.25, -0.2) is 4.39 Å². The molecule has 0 aliphatic heterocycles. The zero-order valence-corrected chi connectivity index (χ0v) is 6.94. The lowest BCUT2D eigenvalue weighted by molar-refractivity contribution is 0.104. The van der Waals surface area contributed by atoms with Crippen LogP contribution in [0, 0.1) is 5.82 Å². The molecule has 62 valence electrons. The second-order valence-corrected chi connectivity index (χ2v) is 2.58. The highest BCUT2D eigenvalue weighted by atomic mass is 35.5. The summed E-state index contributed by atoms with van der Waals surface area (Å²) >= 11 is 5.45. The summed E-state index contributed by atoms with van der Waals surface area (Å²) in [7, 11) is 0. The third-order valence-electron chi connectivity index (χ3n) is 1.40. The van der Waals surface area contributed by atoms with Crippen LogP contribution in [0.3, 0.4) is 0 Å². The van der Waals surface area contributed by atoms with Crippen LogP contribution in [0.1, 0.15) is 10.4 Å². The first-order chi connectivity index (χ1) is 5.66. The summed E-state index contributed by atoms with van der Waals surface area (Å²) < 4.78 is 13.0. The van der Waals surface area contributed by atoms with Crippen LogP contribution in [0.4, 0.5) is 4.39 Å². The van der Waals surface area contributed by atoms with Crippen molar-refractivity contribution in [1.29, 1.82) is 0 Å². The van der Waals surface area contributed by atoms with Crippen LogP contribution in [0.25, 0.3) is 0 Å². The van der Waals surface area contributed by atoms with Crippen LogP contribution in [0.2, 0.25) is 5.02 Å². The Morgan fingerprint density at radius 3 is 2.83 bits per heavy atom. The van der Waals surface area contributed by atoms with Crippen LogP contribution < -0.4 is 0 Å². The van der Waals surface area contributed by atoms with E-state index in [2.05, 4.69) is 6.58 Å². The number of hydrogen-bond donors (Lipinski definition) is 0. The Kier molecular flexibility index (Phi) is 2.61. The average Bonchev–Trinajstić information content (AvgIpc) is 2.08. The van der Waals surface area contributed by atoms with Crippen molar-refractivity contribution in [2.24, 2.45) is 0 Å². The molecule has 3 heteroatoms. The first-order valence-electron chi connectivity index (χ1n) is 3.27. The fourth-order valence-electron chi connectivity index (χ4n) is 0.804. The molecule has 0 saturated heterocycles. The number of rotatable bonds is 2. The van der Waals surface area contributed by atoms with Crippen molar-refractivity contribution >= 4 is 17.4 Å². The zero-order chi connectivity index (χ0) is 9.14. The van der Waals surface area contributed by atoms with Gasteiger partial charge in [0, 0.05) is 0 Å². The minimum Gasteiger partial charge on any atom is -0.289 e. The van der Waals surface area contributed by atoms with Crippen molar-refractivity contribution in [3.05, 3.63) is 47.3 Å². The lowest BCUT2D eigenvalue weighted by Crippen LogP contribution is -1.97. The van der Waals surface area contributed by atoms with Gasteiger partial charge in [0.15, 0.2) is 11.6 Å². The van der Waals surface area contributed by atoms with Gasteiger partial charge in [-0.1, -0.05) is 24.2 Å². The van der Waals surface area contributed by atoms with Gasteiger partial charge in [-0.2, -0.15) is 0 Å². The van der Waals surface area contributed by atoms with Gasteiger partial charge < -0.3 is 0 Å². The third kappa shape index (κ3) is 1.53. The van der Waals surface area contributed by atoms with Gasteiger partial charge in [0.05, 0.1) is 10.6 Å². The molecular weight excluding hydrogens is 179 g/mol. The molecule has 0 unspecified atom stereocenters. The molecule has 0 bridgehead atoms. The first-order valence-corrected chi connectivity index (χ1v) is 3.65. The molecular formula is C9H6ClFO. The van der Waals surface area contributed by atoms with Gasteiger partial charge in [-0.15, -0.1) is 0 Å². The Morgan fingerprint density at radius 2 is 2.25 bits per heavy atom.